The Hall–Kier alpha value is -1.92. The number of halogens is 1. The molecule has 0 bridgehead atoms. The Bertz CT molecular complexity index is 623. The van der Waals surface area contributed by atoms with Gasteiger partial charge in [-0.2, -0.15) is 0 Å². The number of ether oxygens (including phenoxy) is 1. The molecule has 0 aliphatic heterocycles. The first-order valence-corrected chi connectivity index (χ1v) is 6.95. The molecule has 112 valence electrons. The van der Waals surface area contributed by atoms with Gasteiger partial charge in [0.05, 0.1) is 19.3 Å². The molecule has 0 saturated carbocycles. The standard InChI is InChI=1S/C14H16ClN3O3/c1-3-21-14(20)12-13(10-4-6-11(15)7-5-10)18(17-16-12)8-9(2)19/h4-7,9,19H,3,8H2,1-2H3. The molecule has 0 spiro atoms. The molecule has 0 radical (unpaired) electrons. The normalized spacial score (nSPS) is 12.2. The van der Waals surface area contributed by atoms with Crippen LogP contribution in [0.1, 0.15) is 24.3 Å². The number of esters is 1. The van der Waals surface area contributed by atoms with E-state index < -0.39 is 12.1 Å². The van der Waals surface area contributed by atoms with Crippen molar-refractivity contribution in [1.82, 2.24) is 15.0 Å². The van der Waals surface area contributed by atoms with Crippen LogP contribution in [0.4, 0.5) is 0 Å². The lowest BCUT2D eigenvalue weighted by atomic mass is 10.1. The molecule has 1 heterocycles. The van der Waals surface area contributed by atoms with Crippen LogP contribution >= 0.6 is 11.6 Å². The number of aliphatic hydroxyl groups is 1. The number of hydrogen-bond acceptors (Lipinski definition) is 5. The number of hydrogen-bond donors (Lipinski definition) is 1. The van der Waals surface area contributed by atoms with Gasteiger partial charge in [0.1, 0.15) is 5.69 Å². The summed E-state index contributed by atoms with van der Waals surface area (Å²) in [6, 6.07) is 6.96. The Morgan fingerprint density at radius 1 is 1.43 bits per heavy atom. The van der Waals surface area contributed by atoms with Crippen LogP contribution in [0.15, 0.2) is 24.3 Å². The molecule has 0 amide bonds. The average Bonchev–Trinajstić information content (AvgIpc) is 2.83. The van der Waals surface area contributed by atoms with E-state index in [4.69, 9.17) is 16.3 Å². The Balaban J connectivity index is 2.49. The van der Waals surface area contributed by atoms with E-state index in [0.29, 0.717) is 10.7 Å². The molecule has 1 N–H and O–H groups in total. The second-order valence-electron chi connectivity index (χ2n) is 4.55. The SMILES string of the molecule is CCOC(=O)c1nnn(CC(C)O)c1-c1ccc(Cl)cc1. The number of benzene rings is 1. The highest BCUT2D eigenvalue weighted by molar-refractivity contribution is 6.30. The molecule has 6 nitrogen and oxygen atoms in total. The van der Waals surface area contributed by atoms with Crippen LogP contribution in [-0.4, -0.2) is 38.8 Å². The third kappa shape index (κ3) is 3.59. The van der Waals surface area contributed by atoms with Crippen LogP contribution in [0.2, 0.25) is 5.02 Å². The number of aliphatic hydroxyl groups excluding tert-OH is 1. The van der Waals surface area contributed by atoms with Crippen LogP contribution in [0.25, 0.3) is 11.3 Å². The van der Waals surface area contributed by atoms with Crippen molar-refractivity contribution in [2.75, 3.05) is 6.61 Å². The van der Waals surface area contributed by atoms with Crippen LogP contribution in [-0.2, 0) is 11.3 Å². The van der Waals surface area contributed by atoms with Crippen molar-refractivity contribution in [2.24, 2.45) is 0 Å². The van der Waals surface area contributed by atoms with Crippen molar-refractivity contribution < 1.29 is 14.6 Å². The van der Waals surface area contributed by atoms with Crippen molar-refractivity contribution in [1.29, 1.82) is 0 Å². The lowest BCUT2D eigenvalue weighted by Gasteiger charge is -2.09. The highest BCUT2D eigenvalue weighted by Crippen LogP contribution is 2.25. The third-order valence-corrected chi connectivity index (χ3v) is 3.01. The van der Waals surface area contributed by atoms with Crippen LogP contribution < -0.4 is 0 Å². The molecule has 1 unspecified atom stereocenters. The van der Waals surface area contributed by atoms with Crippen LogP contribution in [0.3, 0.4) is 0 Å². The molecular formula is C14H16ClN3O3. The summed E-state index contributed by atoms with van der Waals surface area (Å²) in [6.07, 6.45) is -0.618. The van der Waals surface area contributed by atoms with Crippen molar-refractivity contribution in [3.8, 4) is 11.3 Å². The fourth-order valence-electron chi connectivity index (χ4n) is 1.92. The molecule has 7 heteroatoms. The molecule has 2 aromatic rings. The summed E-state index contributed by atoms with van der Waals surface area (Å²) in [5, 5.41) is 17.9. The van der Waals surface area contributed by atoms with Crippen molar-refractivity contribution in [2.45, 2.75) is 26.5 Å². The maximum absolute atomic E-state index is 12.0. The summed E-state index contributed by atoms with van der Waals surface area (Å²) >= 11 is 5.88. The minimum atomic E-state index is -0.618. The number of carbonyl (C=O) groups is 1. The molecule has 1 atom stereocenters. The maximum Gasteiger partial charge on any atom is 0.361 e. The van der Waals surface area contributed by atoms with E-state index in [2.05, 4.69) is 10.3 Å². The molecule has 1 aromatic heterocycles. The molecule has 1 aromatic carbocycles. The van der Waals surface area contributed by atoms with Crippen LogP contribution in [0, 0.1) is 0 Å². The van der Waals surface area contributed by atoms with Gasteiger partial charge in [0, 0.05) is 10.6 Å². The Labute approximate surface area is 127 Å². The van der Waals surface area contributed by atoms with E-state index in [1.54, 1.807) is 38.1 Å². The van der Waals surface area contributed by atoms with Gasteiger partial charge in [-0.1, -0.05) is 28.9 Å². The number of carbonyl (C=O) groups excluding carboxylic acids is 1. The molecule has 2 rings (SSSR count). The van der Waals surface area contributed by atoms with Gasteiger partial charge in [0.2, 0.25) is 0 Å². The summed E-state index contributed by atoms with van der Waals surface area (Å²) < 4.78 is 6.48. The average molecular weight is 310 g/mol. The Kier molecular flexibility index (Phi) is 4.93. The van der Waals surface area contributed by atoms with E-state index >= 15 is 0 Å². The van der Waals surface area contributed by atoms with Crippen molar-refractivity contribution >= 4 is 17.6 Å². The van der Waals surface area contributed by atoms with Gasteiger partial charge in [0.25, 0.3) is 0 Å². The quantitative estimate of drug-likeness (QED) is 0.856. The zero-order valence-corrected chi connectivity index (χ0v) is 12.5. The minimum absolute atomic E-state index is 0.125. The predicted octanol–water partition coefficient (Wildman–Crippen LogP) is 2.16. The first kappa shape index (κ1) is 15.5. The summed E-state index contributed by atoms with van der Waals surface area (Å²) in [5.74, 6) is -0.542. The highest BCUT2D eigenvalue weighted by Gasteiger charge is 2.22. The van der Waals surface area contributed by atoms with Gasteiger partial charge in [-0.05, 0) is 26.0 Å². The maximum atomic E-state index is 12.0. The minimum Gasteiger partial charge on any atom is -0.461 e. The summed E-state index contributed by atoms with van der Waals surface area (Å²) in [6.45, 7) is 3.84. The van der Waals surface area contributed by atoms with Crippen LogP contribution in [0.5, 0.6) is 0 Å². The Morgan fingerprint density at radius 3 is 2.67 bits per heavy atom. The fraction of sp³-hybridized carbons (Fsp3) is 0.357. The zero-order valence-electron chi connectivity index (χ0n) is 11.8. The second kappa shape index (κ2) is 6.69. The summed E-state index contributed by atoms with van der Waals surface area (Å²) in [7, 11) is 0. The zero-order chi connectivity index (χ0) is 15.4. The topological polar surface area (TPSA) is 77.2 Å². The molecule has 0 aliphatic rings. The van der Waals surface area contributed by atoms with E-state index in [9.17, 15) is 9.90 Å². The fourth-order valence-corrected chi connectivity index (χ4v) is 2.05. The number of rotatable bonds is 5. The molecule has 0 fully saturated rings. The summed E-state index contributed by atoms with van der Waals surface area (Å²) in [4.78, 5) is 12.0. The molecule has 0 saturated heterocycles. The first-order chi connectivity index (χ1) is 10.0. The van der Waals surface area contributed by atoms with E-state index in [-0.39, 0.29) is 18.8 Å². The van der Waals surface area contributed by atoms with E-state index in [1.807, 2.05) is 0 Å². The largest absolute Gasteiger partial charge is 0.461 e. The molecular weight excluding hydrogens is 294 g/mol. The lowest BCUT2D eigenvalue weighted by Crippen LogP contribution is -2.15. The van der Waals surface area contributed by atoms with Crippen molar-refractivity contribution in [3.05, 3.63) is 35.0 Å². The number of nitrogens with zero attached hydrogens (tertiary/aromatic N) is 3. The Morgan fingerprint density at radius 2 is 2.10 bits per heavy atom. The van der Waals surface area contributed by atoms with E-state index in [0.717, 1.165) is 5.56 Å². The van der Waals surface area contributed by atoms with Crippen molar-refractivity contribution in [3.63, 3.8) is 0 Å². The van der Waals surface area contributed by atoms with E-state index in [1.165, 1.54) is 4.68 Å². The van der Waals surface area contributed by atoms with Gasteiger partial charge in [0.15, 0.2) is 5.69 Å². The monoisotopic (exact) mass is 309 g/mol. The second-order valence-corrected chi connectivity index (χ2v) is 4.98. The van der Waals surface area contributed by atoms with Gasteiger partial charge >= 0.3 is 5.97 Å². The number of aromatic nitrogens is 3. The third-order valence-electron chi connectivity index (χ3n) is 2.76. The van der Waals surface area contributed by atoms with Gasteiger partial charge in [-0.25, -0.2) is 9.48 Å². The van der Waals surface area contributed by atoms with Gasteiger partial charge in [-0.3, -0.25) is 0 Å². The predicted molar refractivity (Wildman–Crippen MR) is 78.1 cm³/mol. The summed E-state index contributed by atoms with van der Waals surface area (Å²) in [5.41, 5.74) is 1.36. The first-order valence-electron chi connectivity index (χ1n) is 6.57. The lowest BCUT2D eigenvalue weighted by molar-refractivity contribution is 0.0520. The smallest absolute Gasteiger partial charge is 0.361 e. The molecule has 0 aliphatic carbocycles. The molecule has 21 heavy (non-hydrogen) atoms. The van der Waals surface area contributed by atoms with Gasteiger partial charge in [-0.15, -0.1) is 5.10 Å². The highest BCUT2D eigenvalue weighted by atomic mass is 35.5. The van der Waals surface area contributed by atoms with Gasteiger partial charge < -0.3 is 9.84 Å².